The number of phenols is 1. The summed E-state index contributed by atoms with van der Waals surface area (Å²) in [5, 5.41) is 11.9. The highest BCUT2D eigenvalue weighted by Crippen LogP contribution is 2.45. The number of aromatic hydroxyl groups is 1. The highest BCUT2D eigenvalue weighted by atomic mass is 32.2. The van der Waals surface area contributed by atoms with E-state index in [2.05, 4.69) is 125 Å². The molecule has 6 nitrogen and oxygen atoms in total. The minimum absolute atomic E-state index is 0.192. The van der Waals surface area contributed by atoms with E-state index in [0.29, 0.717) is 35.5 Å². The Morgan fingerprint density at radius 2 is 1.16 bits per heavy atom. The zero-order valence-electron chi connectivity index (χ0n) is 34.3. The molecule has 0 aliphatic heterocycles. The van der Waals surface area contributed by atoms with E-state index < -0.39 is 15.5 Å². The third kappa shape index (κ3) is 12.8. The summed E-state index contributed by atoms with van der Waals surface area (Å²) in [6, 6.07) is 49.7. The lowest BCUT2D eigenvalue weighted by atomic mass is 9.91. The number of benzene rings is 6. The molecule has 1 N–H and O–H groups in total. The number of carbonyl (C=O) groups excluding carboxylic acids is 1. The van der Waals surface area contributed by atoms with Crippen molar-refractivity contribution in [3.05, 3.63) is 162 Å². The monoisotopic (exact) mass is 804 g/mol. The van der Waals surface area contributed by atoms with Gasteiger partial charge in [0, 0.05) is 6.26 Å². The van der Waals surface area contributed by atoms with Crippen LogP contribution in [0.5, 0.6) is 11.5 Å². The first-order valence-electron chi connectivity index (χ1n) is 19.4. The van der Waals surface area contributed by atoms with Gasteiger partial charge in [0.2, 0.25) is 0 Å². The normalized spacial score (nSPS) is 14.9. The van der Waals surface area contributed by atoms with Crippen molar-refractivity contribution in [2.24, 2.45) is 5.41 Å². The molecule has 3 atom stereocenters. The van der Waals surface area contributed by atoms with E-state index in [1.54, 1.807) is 12.1 Å². The first-order valence-corrected chi connectivity index (χ1v) is 22.5. The second kappa shape index (κ2) is 20.5. The molecule has 57 heavy (non-hydrogen) atoms. The van der Waals surface area contributed by atoms with Gasteiger partial charge in [-0.1, -0.05) is 120 Å². The Morgan fingerprint density at radius 1 is 0.719 bits per heavy atom. The zero-order valence-corrected chi connectivity index (χ0v) is 35.9. The van der Waals surface area contributed by atoms with Gasteiger partial charge in [0.05, 0.1) is 26.4 Å². The average Bonchev–Trinajstić information content (AvgIpc) is 3.45. The van der Waals surface area contributed by atoms with Crippen molar-refractivity contribution in [3.8, 4) is 11.5 Å². The Hall–Kier alpha value is -4.89. The van der Waals surface area contributed by atoms with E-state index in [1.165, 1.54) is 42.1 Å². The van der Waals surface area contributed by atoms with Crippen molar-refractivity contribution in [1.29, 1.82) is 0 Å². The van der Waals surface area contributed by atoms with E-state index >= 15 is 0 Å². The molecule has 3 unspecified atom stereocenters. The lowest BCUT2D eigenvalue weighted by Gasteiger charge is -2.20. The molecule has 0 spiro atoms. The number of esters is 1. The third-order valence-corrected chi connectivity index (χ3v) is 12.7. The van der Waals surface area contributed by atoms with Crippen LogP contribution in [0.4, 0.5) is 0 Å². The Morgan fingerprint density at radius 3 is 1.58 bits per heavy atom. The molecule has 6 aromatic carbocycles. The first kappa shape index (κ1) is 44.8. The maximum absolute atomic E-state index is 12.3. The molecule has 0 bridgehead atoms. The minimum Gasteiger partial charge on any atom is -0.748 e. The van der Waals surface area contributed by atoms with Gasteiger partial charge in [0.15, 0.2) is 14.7 Å². The lowest BCUT2D eigenvalue weighted by Crippen LogP contribution is -2.28. The van der Waals surface area contributed by atoms with Gasteiger partial charge in [-0.2, -0.15) is 0 Å². The molecule has 7 rings (SSSR count). The second-order valence-corrected chi connectivity index (χ2v) is 18.4. The molecule has 0 amide bonds. The molecular formula is C49H56O6S2. The Kier molecular flexibility index (Phi) is 16.1. The van der Waals surface area contributed by atoms with Crippen LogP contribution in [-0.2, 0) is 25.8 Å². The van der Waals surface area contributed by atoms with Crippen molar-refractivity contribution in [2.75, 3.05) is 6.26 Å². The van der Waals surface area contributed by atoms with Crippen LogP contribution in [0.25, 0.3) is 10.8 Å². The van der Waals surface area contributed by atoms with Crippen LogP contribution in [0.3, 0.4) is 0 Å². The second-order valence-electron chi connectivity index (χ2n) is 15.0. The van der Waals surface area contributed by atoms with E-state index in [4.69, 9.17) is 22.8 Å². The maximum Gasteiger partial charge on any atom is 0.316 e. The molecule has 0 heterocycles. The fraction of sp³-hybridized carbons (Fsp3) is 0.286. The van der Waals surface area contributed by atoms with Crippen LogP contribution in [0, 0.1) is 5.41 Å². The molecule has 6 aromatic rings. The summed E-state index contributed by atoms with van der Waals surface area (Å²) < 4.78 is 32.8. The van der Waals surface area contributed by atoms with Crippen LogP contribution in [0.2, 0.25) is 0 Å². The largest absolute Gasteiger partial charge is 0.748 e. The van der Waals surface area contributed by atoms with Crippen LogP contribution < -0.4 is 4.74 Å². The summed E-state index contributed by atoms with van der Waals surface area (Å²) in [4.78, 5) is 16.0. The quantitative estimate of drug-likeness (QED) is 0.0711. The Balaban J connectivity index is 0.000000199. The number of hydrogen-bond acceptors (Lipinski definition) is 6. The molecule has 0 aromatic heterocycles. The molecule has 8 heteroatoms. The van der Waals surface area contributed by atoms with Gasteiger partial charge < -0.3 is 14.4 Å². The fourth-order valence-corrected chi connectivity index (χ4v) is 8.37. The highest BCUT2D eigenvalue weighted by Gasteiger charge is 2.30. The van der Waals surface area contributed by atoms with Gasteiger partial charge in [-0.3, -0.25) is 4.79 Å². The third-order valence-electron chi connectivity index (χ3n) is 10.4. The highest BCUT2D eigenvalue weighted by molar-refractivity contribution is 7.97. The summed E-state index contributed by atoms with van der Waals surface area (Å²) in [5.74, 6) is 2.69. The fourth-order valence-electron chi connectivity index (χ4n) is 6.29. The Bertz CT molecular complexity index is 2180. The van der Waals surface area contributed by atoms with E-state index in [-0.39, 0.29) is 16.9 Å². The van der Waals surface area contributed by atoms with Crippen molar-refractivity contribution >= 4 is 37.8 Å². The zero-order chi connectivity index (χ0) is 41.8. The summed E-state index contributed by atoms with van der Waals surface area (Å²) in [6.45, 7) is 14.8. The molecule has 0 fully saturated rings. The number of hydrogen-bond donors (Lipinski definition) is 1. The van der Waals surface area contributed by atoms with Gasteiger partial charge in [-0.15, -0.1) is 0 Å². The number of phenolic OH excluding ortho intramolecular Hbond substituents is 1. The minimum atomic E-state index is -3.92. The summed E-state index contributed by atoms with van der Waals surface area (Å²) in [6.07, 6.45) is 2.49. The maximum atomic E-state index is 12.3. The van der Waals surface area contributed by atoms with Gasteiger partial charge >= 0.3 is 5.97 Å². The summed E-state index contributed by atoms with van der Waals surface area (Å²) in [7, 11) is -4.11. The predicted molar refractivity (Wildman–Crippen MR) is 234 cm³/mol. The van der Waals surface area contributed by atoms with E-state index in [1.807, 2.05) is 57.2 Å². The standard InChI is InChI=1S/C24H25O2S.C14H14.C10H14O.CH4O3S/c1-4-24(2,3)23(25)26-19-15-17-22(18-16-19)27(20-11-7-5-8-12-20)21-13-9-6-10-14-21;1-9-10(2)13-8-4-6-11-5-3-7-12(9)14(11)13;1-3-8(2)9-4-6-10(11)7-5-9;1-5(2,3)4/h5-18H,4H2,1-3H3;3-10H,1-2H3;4-8,11H,3H2,1-2H3;1H3,(H,2,3,4)/q+1;;;/p-1. The van der Waals surface area contributed by atoms with Crippen LogP contribution in [0.1, 0.15) is 95.8 Å². The smallest absolute Gasteiger partial charge is 0.316 e. The van der Waals surface area contributed by atoms with Gasteiger partial charge in [-0.05, 0) is 133 Å². The first-order chi connectivity index (χ1) is 27.0. The van der Waals surface area contributed by atoms with Gasteiger partial charge in [0.1, 0.15) is 11.5 Å². The average molecular weight is 805 g/mol. The van der Waals surface area contributed by atoms with Crippen LogP contribution in [-0.4, -0.2) is 30.3 Å². The summed E-state index contributed by atoms with van der Waals surface area (Å²) in [5.41, 5.74) is 3.89. The molecule has 0 saturated heterocycles. The SMILES string of the molecule is CC1c2cccc3cccc(c23)C1C.CCC(C)(C)C(=O)Oc1ccc([S+](c2ccccc2)c2ccccc2)cc1.CCC(C)c1ccc(O)cc1.CS(=O)(=O)[O-]. The lowest BCUT2D eigenvalue weighted by molar-refractivity contribution is -0.144. The van der Waals surface area contributed by atoms with Crippen LogP contribution >= 0.6 is 0 Å². The van der Waals surface area contributed by atoms with E-state index in [0.717, 1.165) is 12.8 Å². The topological polar surface area (TPSA) is 104 Å². The predicted octanol–water partition coefficient (Wildman–Crippen LogP) is 12.3. The van der Waals surface area contributed by atoms with Crippen molar-refractivity contribution < 1.29 is 27.6 Å². The number of ether oxygens (including phenoxy) is 1. The number of rotatable bonds is 8. The molecule has 1 aliphatic rings. The number of carbonyl (C=O) groups is 1. The van der Waals surface area contributed by atoms with Gasteiger partial charge in [-0.25, -0.2) is 8.42 Å². The summed E-state index contributed by atoms with van der Waals surface area (Å²) >= 11 is 0. The van der Waals surface area contributed by atoms with Crippen molar-refractivity contribution in [1.82, 2.24) is 0 Å². The molecule has 1 aliphatic carbocycles. The van der Waals surface area contributed by atoms with Crippen LogP contribution in [0.15, 0.2) is 160 Å². The molecule has 0 saturated carbocycles. The van der Waals surface area contributed by atoms with Gasteiger partial charge in [0.25, 0.3) is 0 Å². The molecule has 0 radical (unpaired) electrons. The Labute approximate surface area is 343 Å². The molecule has 300 valence electrons. The van der Waals surface area contributed by atoms with Crippen molar-refractivity contribution in [2.45, 2.75) is 93.7 Å². The molecular weight excluding hydrogens is 749 g/mol. The van der Waals surface area contributed by atoms with E-state index in [9.17, 15) is 4.79 Å². The van der Waals surface area contributed by atoms with Crippen molar-refractivity contribution in [3.63, 3.8) is 0 Å².